The van der Waals surface area contributed by atoms with Crippen LogP contribution in [0.2, 0.25) is 0 Å². The molecule has 2 heterocycles. The number of likely N-dealkylation sites (tertiary alicyclic amines) is 1. The van der Waals surface area contributed by atoms with Crippen molar-refractivity contribution in [2.75, 3.05) is 19.7 Å². The Kier molecular flexibility index (Phi) is 5.60. The van der Waals surface area contributed by atoms with Crippen molar-refractivity contribution >= 4 is 5.91 Å². The first kappa shape index (κ1) is 17.5. The molecule has 0 bridgehead atoms. The summed E-state index contributed by atoms with van der Waals surface area (Å²) in [5.74, 6) is 1.17. The lowest BCUT2D eigenvalue weighted by atomic mass is 9.75. The van der Waals surface area contributed by atoms with E-state index in [9.17, 15) is 4.79 Å². The Hall–Kier alpha value is -1.35. The predicted octanol–water partition coefficient (Wildman–Crippen LogP) is 4.38. The normalized spacial score (nSPS) is 25.2. The van der Waals surface area contributed by atoms with Crippen molar-refractivity contribution in [3.8, 4) is 0 Å². The van der Waals surface area contributed by atoms with Crippen LogP contribution in [0.4, 0.5) is 0 Å². The van der Waals surface area contributed by atoms with Gasteiger partial charge in [0.15, 0.2) is 0 Å². The van der Waals surface area contributed by atoms with Crippen molar-refractivity contribution < 1.29 is 9.53 Å². The zero-order chi connectivity index (χ0) is 17.0. The third kappa shape index (κ3) is 4.38. The molecular formula is C21H31NO2. The number of ether oxygens (including phenoxy) is 1. The lowest BCUT2D eigenvalue weighted by Gasteiger charge is -2.40. The summed E-state index contributed by atoms with van der Waals surface area (Å²) in [6.45, 7) is 7.04. The summed E-state index contributed by atoms with van der Waals surface area (Å²) in [5.41, 5.74) is 1.23. The van der Waals surface area contributed by atoms with Crippen molar-refractivity contribution in [2.24, 2.45) is 5.92 Å². The third-order valence-electron chi connectivity index (χ3n) is 5.64. The summed E-state index contributed by atoms with van der Waals surface area (Å²) in [6.07, 6.45) is 6.30. The summed E-state index contributed by atoms with van der Waals surface area (Å²) >= 11 is 0. The largest absolute Gasteiger partial charge is 0.376 e. The Morgan fingerprint density at radius 1 is 1.21 bits per heavy atom. The molecule has 3 heteroatoms. The molecule has 0 saturated carbocycles. The van der Waals surface area contributed by atoms with Gasteiger partial charge in [-0.05, 0) is 63.4 Å². The summed E-state index contributed by atoms with van der Waals surface area (Å²) in [5, 5.41) is 0. The van der Waals surface area contributed by atoms with E-state index in [-0.39, 0.29) is 5.60 Å². The van der Waals surface area contributed by atoms with E-state index in [0.717, 1.165) is 45.4 Å². The molecule has 0 radical (unpaired) electrons. The molecule has 2 saturated heterocycles. The fourth-order valence-electron chi connectivity index (χ4n) is 4.34. The Bertz CT molecular complexity index is 534. The Balaban J connectivity index is 1.76. The molecule has 0 aromatic heterocycles. The fraction of sp³-hybridized carbons (Fsp3) is 0.667. The van der Waals surface area contributed by atoms with Gasteiger partial charge in [-0.2, -0.15) is 0 Å². The Morgan fingerprint density at radius 3 is 2.58 bits per heavy atom. The second-order valence-electron chi connectivity index (χ2n) is 8.02. The maximum atomic E-state index is 12.9. The molecule has 2 fully saturated rings. The molecule has 3 nitrogen and oxygen atoms in total. The highest BCUT2D eigenvalue weighted by Crippen LogP contribution is 2.40. The van der Waals surface area contributed by atoms with Crippen LogP contribution in [0.15, 0.2) is 30.3 Å². The summed E-state index contributed by atoms with van der Waals surface area (Å²) in [4.78, 5) is 15.0. The number of rotatable bonds is 4. The Labute approximate surface area is 146 Å². The van der Waals surface area contributed by atoms with E-state index in [2.05, 4.69) is 49.1 Å². The van der Waals surface area contributed by atoms with E-state index in [1.807, 2.05) is 0 Å². The number of piperidine rings is 1. The summed E-state index contributed by atoms with van der Waals surface area (Å²) < 4.78 is 5.91. The van der Waals surface area contributed by atoms with Gasteiger partial charge in [0.1, 0.15) is 0 Å². The molecule has 1 aromatic carbocycles. The molecule has 2 unspecified atom stereocenters. The van der Waals surface area contributed by atoms with Crippen LogP contribution < -0.4 is 0 Å². The second kappa shape index (κ2) is 7.69. The number of hydrogen-bond acceptors (Lipinski definition) is 2. The van der Waals surface area contributed by atoms with Crippen LogP contribution in [0.5, 0.6) is 0 Å². The molecule has 0 N–H and O–H groups in total. The van der Waals surface area contributed by atoms with Gasteiger partial charge in [-0.25, -0.2) is 0 Å². The van der Waals surface area contributed by atoms with Crippen molar-refractivity contribution in [1.29, 1.82) is 0 Å². The number of nitrogens with zero attached hydrogens (tertiary/aromatic N) is 1. The van der Waals surface area contributed by atoms with E-state index in [1.54, 1.807) is 0 Å². The molecule has 24 heavy (non-hydrogen) atoms. The lowest BCUT2D eigenvalue weighted by Crippen LogP contribution is -2.39. The van der Waals surface area contributed by atoms with Gasteiger partial charge in [-0.3, -0.25) is 4.79 Å². The van der Waals surface area contributed by atoms with Crippen molar-refractivity contribution in [2.45, 2.75) is 63.9 Å². The van der Waals surface area contributed by atoms with Crippen molar-refractivity contribution in [3.05, 3.63) is 35.9 Å². The van der Waals surface area contributed by atoms with Gasteiger partial charge in [-0.15, -0.1) is 0 Å². The maximum absolute atomic E-state index is 12.9. The Morgan fingerprint density at radius 2 is 1.92 bits per heavy atom. The van der Waals surface area contributed by atoms with Gasteiger partial charge in [0.25, 0.3) is 0 Å². The van der Waals surface area contributed by atoms with Crippen molar-refractivity contribution in [3.63, 3.8) is 0 Å². The zero-order valence-electron chi connectivity index (χ0n) is 15.2. The van der Waals surface area contributed by atoms with Gasteiger partial charge in [0, 0.05) is 26.1 Å². The van der Waals surface area contributed by atoms with Crippen LogP contribution in [0.25, 0.3) is 0 Å². The van der Waals surface area contributed by atoms with E-state index in [1.165, 1.54) is 12.0 Å². The van der Waals surface area contributed by atoms with Crippen LogP contribution in [-0.4, -0.2) is 36.1 Å². The average molecular weight is 329 g/mol. The maximum Gasteiger partial charge on any atom is 0.223 e. The highest BCUT2D eigenvalue weighted by molar-refractivity contribution is 5.77. The SMILES string of the molecule is CC1(C)CC(C(CC(=O)N2CCCCC2)c2ccccc2)CCO1. The molecule has 3 rings (SSSR count). The zero-order valence-corrected chi connectivity index (χ0v) is 15.2. The highest BCUT2D eigenvalue weighted by Gasteiger charge is 2.35. The quantitative estimate of drug-likeness (QED) is 0.820. The van der Waals surface area contributed by atoms with Crippen LogP contribution in [-0.2, 0) is 9.53 Å². The summed E-state index contributed by atoms with van der Waals surface area (Å²) in [7, 11) is 0. The van der Waals surface area contributed by atoms with Crippen LogP contribution in [0, 0.1) is 5.92 Å². The number of carbonyl (C=O) groups is 1. The van der Waals surface area contributed by atoms with E-state index >= 15 is 0 Å². The van der Waals surface area contributed by atoms with Crippen molar-refractivity contribution in [1.82, 2.24) is 4.90 Å². The first-order valence-electron chi connectivity index (χ1n) is 9.52. The topological polar surface area (TPSA) is 29.5 Å². The fourth-order valence-corrected chi connectivity index (χ4v) is 4.34. The molecule has 0 aliphatic carbocycles. The smallest absolute Gasteiger partial charge is 0.223 e. The van der Waals surface area contributed by atoms with E-state index in [4.69, 9.17) is 4.74 Å². The van der Waals surface area contributed by atoms with Gasteiger partial charge in [0.05, 0.1) is 5.60 Å². The van der Waals surface area contributed by atoms with E-state index < -0.39 is 0 Å². The standard InChI is InChI=1S/C21H31NO2/c1-21(2)16-18(11-14-24-21)19(17-9-5-3-6-10-17)15-20(23)22-12-7-4-8-13-22/h3,5-6,9-10,18-19H,4,7-8,11-16H2,1-2H3. The van der Waals surface area contributed by atoms with Gasteiger partial charge in [-0.1, -0.05) is 30.3 Å². The van der Waals surface area contributed by atoms with E-state index in [0.29, 0.717) is 24.2 Å². The summed E-state index contributed by atoms with van der Waals surface area (Å²) in [6, 6.07) is 10.6. The number of amides is 1. The first-order chi connectivity index (χ1) is 11.6. The molecule has 132 valence electrons. The van der Waals surface area contributed by atoms with Gasteiger partial charge < -0.3 is 9.64 Å². The highest BCUT2D eigenvalue weighted by atomic mass is 16.5. The minimum Gasteiger partial charge on any atom is -0.376 e. The molecule has 1 amide bonds. The monoisotopic (exact) mass is 329 g/mol. The minimum absolute atomic E-state index is 0.0792. The van der Waals surface area contributed by atoms with Crippen LogP contribution in [0.1, 0.15) is 63.9 Å². The van der Waals surface area contributed by atoms with Gasteiger partial charge >= 0.3 is 0 Å². The second-order valence-corrected chi connectivity index (χ2v) is 8.02. The molecule has 2 atom stereocenters. The molecule has 2 aliphatic rings. The molecule has 1 aromatic rings. The average Bonchev–Trinajstić information content (AvgIpc) is 2.60. The number of carbonyl (C=O) groups excluding carboxylic acids is 1. The molecular weight excluding hydrogens is 298 g/mol. The van der Waals surface area contributed by atoms with Crippen LogP contribution >= 0.6 is 0 Å². The third-order valence-corrected chi connectivity index (χ3v) is 5.64. The predicted molar refractivity (Wildman–Crippen MR) is 97.0 cm³/mol. The molecule has 2 aliphatic heterocycles. The minimum atomic E-state index is -0.0792. The van der Waals surface area contributed by atoms with Gasteiger partial charge in [0.2, 0.25) is 5.91 Å². The number of benzene rings is 1. The van der Waals surface area contributed by atoms with Crippen LogP contribution in [0.3, 0.4) is 0 Å². The first-order valence-corrected chi connectivity index (χ1v) is 9.52. The molecule has 0 spiro atoms. The number of hydrogen-bond donors (Lipinski definition) is 0. The lowest BCUT2D eigenvalue weighted by molar-refractivity contribution is -0.133.